The molecule has 1 aliphatic rings. The Labute approximate surface area is 104 Å². The van der Waals surface area contributed by atoms with Gasteiger partial charge in [0.25, 0.3) is 0 Å². The van der Waals surface area contributed by atoms with Crippen LogP contribution in [-0.2, 0) is 4.74 Å². The molecule has 0 spiro atoms. The SMILES string of the molecule is C[CH]C1CCN(/C=N/C(=O)OCCCCC)C1. The Bertz CT molecular complexity index is 254. The Balaban J connectivity index is 2.13. The number of carbonyl (C=O) groups excluding carboxylic acids is 1. The Hall–Kier alpha value is -1.06. The second-order valence-corrected chi connectivity index (χ2v) is 4.44. The van der Waals surface area contributed by atoms with Gasteiger partial charge in [0.15, 0.2) is 0 Å². The summed E-state index contributed by atoms with van der Waals surface area (Å²) in [4.78, 5) is 17.1. The van der Waals surface area contributed by atoms with Gasteiger partial charge in [-0.15, -0.1) is 0 Å². The predicted octanol–water partition coefficient (Wildman–Crippen LogP) is 2.89. The van der Waals surface area contributed by atoms with Crippen LogP contribution in [0.2, 0.25) is 0 Å². The number of carbonyl (C=O) groups is 1. The third-order valence-electron chi connectivity index (χ3n) is 3.03. The first-order chi connectivity index (χ1) is 8.26. The highest BCUT2D eigenvalue weighted by Gasteiger charge is 2.18. The third-order valence-corrected chi connectivity index (χ3v) is 3.03. The summed E-state index contributed by atoms with van der Waals surface area (Å²) in [6.07, 6.45) is 7.65. The van der Waals surface area contributed by atoms with E-state index < -0.39 is 6.09 Å². The van der Waals surface area contributed by atoms with Crippen molar-refractivity contribution in [1.82, 2.24) is 4.90 Å². The zero-order valence-electron chi connectivity index (χ0n) is 10.9. The standard InChI is InChI=1S/C13H23N2O2/c1-3-5-6-9-17-13(16)14-11-15-8-7-12(4-2)10-15/h4,11-12H,3,5-10H2,1-2H3/b14-11+. The zero-order valence-corrected chi connectivity index (χ0v) is 10.9. The summed E-state index contributed by atoms with van der Waals surface area (Å²) >= 11 is 0. The Morgan fingerprint density at radius 3 is 3.00 bits per heavy atom. The summed E-state index contributed by atoms with van der Waals surface area (Å²) in [6.45, 7) is 6.61. The van der Waals surface area contributed by atoms with Crippen LogP contribution < -0.4 is 0 Å². The first kappa shape index (κ1) is 14.0. The molecular weight excluding hydrogens is 216 g/mol. The minimum Gasteiger partial charge on any atom is -0.448 e. The number of aliphatic imine (C=N–C) groups is 1. The fourth-order valence-corrected chi connectivity index (χ4v) is 1.87. The normalized spacial score (nSPS) is 20.1. The van der Waals surface area contributed by atoms with E-state index in [0.29, 0.717) is 12.5 Å². The lowest BCUT2D eigenvalue weighted by Crippen LogP contribution is -2.19. The van der Waals surface area contributed by atoms with Gasteiger partial charge in [0, 0.05) is 13.1 Å². The number of ether oxygens (including phenoxy) is 1. The van der Waals surface area contributed by atoms with Gasteiger partial charge in [0.1, 0.15) is 0 Å². The van der Waals surface area contributed by atoms with Gasteiger partial charge in [-0.05, 0) is 25.2 Å². The minimum absolute atomic E-state index is 0.468. The van der Waals surface area contributed by atoms with Crippen LogP contribution in [0.25, 0.3) is 0 Å². The zero-order chi connectivity index (χ0) is 12.5. The van der Waals surface area contributed by atoms with Crippen LogP contribution in [0.1, 0.15) is 39.5 Å². The van der Waals surface area contributed by atoms with Gasteiger partial charge in [-0.1, -0.05) is 26.7 Å². The highest BCUT2D eigenvalue weighted by Crippen LogP contribution is 2.16. The fourth-order valence-electron chi connectivity index (χ4n) is 1.87. The Kier molecular flexibility index (Phi) is 6.67. The average molecular weight is 239 g/mol. The predicted molar refractivity (Wildman–Crippen MR) is 69.0 cm³/mol. The van der Waals surface area contributed by atoms with Crippen molar-refractivity contribution in [3.63, 3.8) is 0 Å². The molecule has 1 fully saturated rings. The molecular formula is C13H23N2O2. The molecule has 1 unspecified atom stereocenters. The number of hydrogen-bond acceptors (Lipinski definition) is 2. The molecule has 0 aromatic rings. The summed E-state index contributed by atoms with van der Waals surface area (Å²) in [6, 6.07) is 0. The number of nitrogens with zero attached hydrogens (tertiary/aromatic N) is 2. The monoisotopic (exact) mass is 239 g/mol. The molecule has 1 radical (unpaired) electrons. The van der Waals surface area contributed by atoms with E-state index in [1.54, 1.807) is 6.34 Å². The molecule has 0 N–H and O–H groups in total. The van der Waals surface area contributed by atoms with E-state index in [1.165, 1.54) is 0 Å². The van der Waals surface area contributed by atoms with Gasteiger partial charge in [-0.2, -0.15) is 4.99 Å². The maximum Gasteiger partial charge on any atom is 0.434 e. The van der Waals surface area contributed by atoms with Crippen LogP contribution in [0.15, 0.2) is 4.99 Å². The van der Waals surface area contributed by atoms with Crippen LogP contribution in [0.4, 0.5) is 4.79 Å². The molecule has 1 saturated heterocycles. The van der Waals surface area contributed by atoms with Gasteiger partial charge in [-0.3, -0.25) is 0 Å². The van der Waals surface area contributed by atoms with E-state index >= 15 is 0 Å². The molecule has 0 aromatic heterocycles. The molecule has 17 heavy (non-hydrogen) atoms. The van der Waals surface area contributed by atoms with Crippen LogP contribution in [0.3, 0.4) is 0 Å². The van der Waals surface area contributed by atoms with Gasteiger partial charge >= 0.3 is 6.09 Å². The van der Waals surface area contributed by atoms with Crippen LogP contribution in [0, 0.1) is 12.3 Å². The number of hydrogen-bond donors (Lipinski definition) is 0. The van der Waals surface area contributed by atoms with Crippen LogP contribution >= 0.6 is 0 Å². The molecule has 4 nitrogen and oxygen atoms in total. The second kappa shape index (κ2) is 8.09. The highest BCUT2D eigenvalue weighted by atomic mass is 16.5. The fraction of sp³-hybridized carbons (Fsp3) is 0.769. The summed E-state index contributed by atoms with van der Waals surface area (Å²) in [7, 11) is 0. The first-order valence-corrected chi connectivity index (χ1v) is 6.50. The lowest BCUT2D eigenvalue weighted by molar-refractivity contribution is 0.155. The number of amides is 1. The van der Waals surface area contributed by atoms with E-state index in [0.717, 1.165) is 38.8 Å². The van der Waals surface area contributed by atoms with Crippen molar-refractivity contribution in [2.45, 2.75) is 39.5 Å². The van der Waals surface area contributed by atoms with E-state index in [1.807, 2.05) is 0 Å². The minimum atomic E-state index is -0.468. The maximum absolute atomic E-state index is 11.3. The molecule has 1 amide bonds. The highest BCUT2D eigenvalue weighted by molar-refractivity contribution is 5.78. The van der Waals surface area contributed by atoms with Gasteiger partial charge < -0.3 is 9.64 Å². The lowest BCUT2D eigenvalue weighted by Gasteiger charge is -2.10. The van der Waals surface area contributed by atoms with E-state index in [-0.39, 0.29) is 0 Å². The largest absolute Gasteiger partial charge is 0.448 e. The van der Waals surface area contributed by atoms with Crippen molar-refractivity contribution in [3.05, 3.63) is 6.42 Å². The molecule has 0 saturated carbocycles. The molecule has 0 bridgehead atoms. The van der Waals surface area contributed by atoms with E-state index in [4.69, 9.17) is 4.74 Å². The van der Waals surface area contributed by atoms with Gasteiger partial charge in [0.2, 0.25) is 0 Å². The van der Waals surface area contributed by atoms with Gasteiger partial charge in [0.05, 0.1) is 12.9 Å². The summed E-state index contributed by atoms with van der Waals surface area (Å²) < 4.78 is 4.99. The molecule has 1 heterocycles. The lowest BCUT2D eigenvalue weighted by atomic mass is 10.1. The smallest absolute Gasteiger partial charge is 0.434 e. The van der Waals surface area contributed by atoms with Crippen molar-refractivity contribution in [2.24, 2.45) is 10.9 Å². The molecule has 1 aliphatic heterocycles. The number of likely N-dealkylation sites (tertiary alicyclic amines) is 1. The van der Waals surface area contributed by atoms with Crippen molar-refractivity contribution in [1.29, 1.82) is 0 Å². The summed E-state index contributed by atoms with van der Waals surface area (Å²) in [5.41, 5.74) is 0. The van der Waals surface area contributed by atoms with Crippen LogP contribution in [0.5, 0.6) is 0 Å². The van der Waals surface area contributed by atoms with Crippen molar-refractivity contribution >= 4 is 12.4 Å². The van der Waals surface area contributed by atoms with E-state index in [2.05, 4.69) is 30.2 Å². The quantitative estimate of drug-likeness (QED) is 0.406. The Morgan fingerprint density at radius 1 is 1.53 bits per heavy atom. The van der Waals surface area contributed by atoms with Crippen LogP contribution in [-0.4, -0.2) is 37.0 Å². The number of unbranched alkanes of at least 4 members (excludes halogenated alkanes) is 2. The summed E-state index contributed by atoms with van der Waals surface area (Å²) in [5, 5.41) is 0. The van der Waals surface area contributed by atoms with Crippen molar-refractivity contribution in [3.8, 4) is 0 Å². The molecule has 0 aromatic carbocycles. The van der Waals surface area contributed by atoms with Gasteiger partial charge in [-0.25, -0.2) is 4.79 Å². The average Bonchev–Trinajstić information content (AvgIpc) is 2.80. The molecule has 1 atom stereocenters. The summed E-state index contributed by atoms with van der Waals surface area (Å²) in [5.74, 6) is 0.627. The van der Waals surface area contributed by atoms with Crippen molar-refractivity contribution < 1.29 is 9.53 Å². The molecule has 4 heteroatoms. The maximum atomic E-state index is 11.3. The second-order valence-electron chi connectivity index (χ2n) is 4.44. The van der Waals surface area contributed by atoms with E-state index in [9.17, 15) is 4.79 Å². The number of rotatable bonds is 6. The third kappa shape index (κ3) is 5.71. The molecule has 0 aliphatic carbocycles. The first-order valence-electron chi connectivity index (χ1n) is 6.50. The Morgan fingerprint density at radius 2 is 2.35 bits per heavy atom. The topological polar surface area (TPSA) is 41.9 Å². The molecule has 97 valence electrons. The molecule has 1 rings (SSSR count). The van der Waals surface area contributed by atoms with Crippen molar-refractivity contribution in [2.75, 3.05) is 19.7 Å².